The minimum Gasteiger partial charge on any atom is -0.369 e. The number of amidine groups is 1. The summed E-state index contributed by atoms with van der Waals surface area (Å²) in [7, 11) is 3.37. The van der Waals surface area contributed by atoms with Crippen LogP contribution in [0.1, 0.15) is 65.7 Å². The summed E-state index contributed by atoms with van der Waals surface area (Å²) in [5.74, 6) is 0.726. The zero-order valence-electron chi connectivity index (χ0n) is 35.5. The van der Waals surface area contributed by atoms with Gasteiger partial charge in [0.05, 0.1) is 18.3 Å². The summed E-state index contributed by atoms with van der Waals surface area (Å²) < 4.78 is 0. The Morgan fingerprint density at radius 1 is 0.967 bits per heavy atom. The molecule has 1 aromatic heterocycles. The highest BCUT2D eigenvalue weighted by Crippen LogP contribution is 2.38. The number of imide groups is 1. The van der Waals surface area contributed by atoms with E-state index in [1.165, 1.54) is 18.8 Å². The Morgan fingerprint density at radius 2 is 1.72 bits per heavy atom. The molecule has 8 rings (SSSR count). The average molecular weight is 828 g/mol. The molecule has 3 aromatic rings. The largest absolute Gasteiger partial charge is 0.369 e. The Kier molecular flexibility index (Phi) is 13.5. The van der Waals surface area contributed by atoms with Crippen molar-refractivity contribution < 1.29 is 19.2 Å². The molecule has 5 aliphatic rings. The summed E-state index contributed by atoms with van der Waals surface area (Å²) in [5.41, 5.74) is 11.6. The lowest BCUT2D eigenvalue weighted by Gasteiger charge is -2.50. The van der Waals surface area contributed by atoms with Gasteiger partial charge in [-0.15, -0.1) is 6.58 Å². The summed E-state index contributed by atoms with van der Waals surface area (Å²) in [6, 6.07) is 18.0. The average Bonchev–Trinajstić information content (AvgIpc) is 3.79. The van der Waals surface area contributed by atoms with Crippen molar-refractivity contribution in [1.29, 1.82) is 0 Å². The summed E-state index contributed by atoms with van der Waals surface area (Å²) in [5, 5.41) is 5.84. The first-order valence-corrected chi connectivity index (χ1v) is 21.2. The fourth-order valence-electron chi connectivity index (χ4n) is 9.15. The van der Waals surface area contributed by atoms with E-state index >= 15 is 0 Å². The van der Waals surface area contributed by atoms with Gasteiger partial charge in [-0.3, -0.25) is 39.3 Å². The van der Waals surface area contributed by atoms with Crippen LogP contribution in [0.2, 0.25) is 0 Å². The number of likely N-dealkylation sites (N-methyl/N-ethyl adjacent to an activating group) is 1. The molecule has 3 amide bonds. The van der Waals surface area contributed by atoms with Gasteiger partial charge in [-0.25, -0.2) is 20.0 Å². The minimum atomic E-state index is -0.418. The lowest BCUT2D eigenvalue weighted by Crippen LogP contribution is -2.63. The van der Waals surface area contributed by atoms with Crippen LogP contribution in [-0.4, -0.2) is 128 Å². The number of aliphatic imine (C=N–C) groups is 2. The molecule has 15 nitrogen and oxygen atoms in total. The van der Waals surface area contributed by atoms with Crippen molar-refractivity contribution in [2.24, 2.45) is 15.7 Å². The van der Waals surface area contributed by atoms with Crippen molar-refractivity contribution in [3.05, 3.63) is 101 Å². The number of fused-ring (bicyclic) bond motifs is 1. The molecule has 4 fully saturated rings. The molecule has 0 bridgehead atoms. The first-order chi connectivity index (χ1) is 29.7. The number of rotatable bonds is 13. The van der Waals surface area contributed by atoms with Gasteiger partial charge >= 0.3 is 0 Å². The number of pyridine rings is 1. The predicted octanol–water partition coefficient (Wildman–Crippen LogP) is 4.22. The molecule has 320 valence electrons. The zero-order chi connectivity index (χ0) is 43.2. The first-order valence-electron chi connectivity index (χ1n) is 21.2. The van der Waals surface area contributed by atoms with Crippen LogP contribution in [0.15, 0.2) is 89.0 Å². The van der Waals surface area contributed by atoms with E-state index < -0.39 is 6.04 Å². The molecular weight excluding hydrogens is 771 g/mol. The van der Waals surface area contributed by atoms with Gasteiger partial charge in [0.2, 0.25) is 11.8 Å². The standard InChI is InChI=1S/C45H52N10O4.CH5N/c1-5-20-54-45(59)36(25-46-3)43(55(54)40-18-12-31-11-10-30(6-2)42(31)48-40)47-33-13-15-34(16-14-33)51-21-23-52(24-22-51)35-26-53(27-35)38-9-7-8-32(29-56)37(38)28-50(4)39-17-19-41(57)49-44(39)58;1-2/h5,7-9,12-16,18,25,29-30,35,39H,1,3,6,10-11,17,19-24,26-28H2,2,4H3,(H,49,57,58);2H2,1H3/b36-25+,47-43?;. The van der Waals surface area contributed by atoms with Gasteiger partial charge in [0.15, 0.2) is 11.7 Å². The Balaban J connectivity index is 0.00000277. The number of benzene rings is 2. The maximum absolute atomic E-state index is 13.8. The SMILES string of the molecule is C=CCN1C(=O)/C(=C/N=C)C(=Nc2ccc(N3CCN(C4CN(c5cccc(C=O)c5CN(C)C5CCC(=O)NC5=O)C4)CC3)cc2)N1c1ccc2c(n1)C(CC)CC2.CN. The number of amides is 3. The number of aryl methyl sites for hydroxylation is 1. The lowest BCUT2D eigenvalue weighted by atomic mass is 9.98. The summed E-state index contributed by atoms with van der Waals surface area (Å²) in [6.45, 7) is 15.8. The van der Waals surface area contributed by atoms with Crippen molar-refractivity contribution in [2.75, 3.05) is 74.7 Å². The molecule has 4 saturated heterocycles. The van der Waals surface area contributed by atoms with Gasteiger partial charge in [0.1, 0.15) is 11.9 Å². The Hall–Kier alpha value is -6.03. The number of hydrazine groups is 1. The fourth-order valence-corrected chi connectivity index (χ4v) is 9.15. The topological polar surface area (TPSA) is 163 Å². The highest BCUT2D eigenvalue weighted by atomic mass is 16.2. The number of anilines is 3. The number of piperidine rings is 1. The second-order valence-corrected chi connectivity index (χ2v) is 15.9. The van der Waals surface area contributed by atoms with Crippen LogP contribution in [0, 0.1) is 0 Å². The third kappa shape index (κ3) is 8.76. The Labute approximate surface area is 358 Å². The highest BCUT2D eigenvalue weighted by molar-refractivity contribution is 6.31. The molecule has 3 N–H and O–H groups in total. The van der Waals surface area contributed by atoms with Crippen LogP contribution in [0.25, 0.3) is 0 Å². The van der Waals surface area contributed by atoms with Crippen molar-refractivity contribution in [3.8, 4) is 0 Å². The van der Waals surface area contributed by atoms with E-state index in [2.05, 4.69) is 75.2 Å². The van der Waals surface area contributed by atoms with Crippen molar-refractivity contribution >= 4 is 59.4 Å². The number of nitrogens with zero attached hydrogens (tertiary/aromatic N) is 9. The van der Waals surface area contributed by atoms with Gasteiger partial charge < -0.3 is 15.5 Å². The number of piperazine rings is 1. The molecule has 2 atom stereocenters. The van der Waals surface area contributed by atoms with Crippen molar-refractivity contribution in [1.82, 2.24) is 25.1 Å². The molecule has 4 aliphatic heterocycles. The quantitative estimate of drug-likeness (QED) is 0.0835. The van der Waals surface area contributed by atoms with E-state index in [9.17, 15) is 19.2 Å². The number of carbonyl (C=O) groups excluding carboxylic acids is 4. The first kappa shape index (κ1) is 43.1. The monoisotopic (exact) mass is 827 g/mol. The highest BCUT2D eigenvalue weighted by Gasteiger charge is 2.41. The number of carbonyl (C=O) groups is 4. The van der Waals surface area contributed by atoms with Gasteiger partial charge in [-0.2, -0.15) is 0 Å². The van der Waals surface area contributed by atoms with E-state index in [0.717, 1.165) is 87.4 Å². The maximum atomic E-state index is 13.8. The molecule has 2 unspecified atom stereocenters. The normalized spacial score (nSPS) is 22.0. The van der Waals surface area contributed by atoms with Crippen LogP contribution >= 0.6 is 0 Å². The third-order valence-electron chi connectivity index (χ3n) is 12.5. The molecule has 0 spiro atoms. The number of aromatic nitrogens is 1. The Morgan fingerprint density at radius 3 is 2.39 bits per heavy atom. The molecule has 15 heteroatoms. The van der Waals surface area contributed by atoms with Crippen molar-refractivity contribution in [3.63, 3.8) is 0 Å². The zero-order valence-corrected chi connectivity index (χ0v) is 35.5. The molecular formula is C46H57N11O4. The molecule has 2 aromatic carbocycles. The number of aldehydes is 1. The van der Waals surface area contributed by atoms with E-state index in [0.29, 0.717) is 59.8 Å². The van der Waals surface area contributed by atoms with Crippen LogP contribution < -0.4 is 25.9 Å². The van der Waals surface area contributed by atoms with Gasteiger partial charge in [0, 0.05) is 93.0 Å². The molecule has 1 aliphatic carbocycles. The number of hydrogen-bond acceptors (Lipinski definition) is 12. The molecule has 0 radical (unpaired) electrons. The summed E-state index contributed by atoms with van der Waals surface area (Å²) in [6.07, 6.45) is 7.94. The Bertz CT molecular complexity index is 2210. The van der Waals surface area contributed by atoms with E-state index in [1.54, 1.807) is 16.1 Å². The van der Waals surface area contributed by atoms with E-state index in [1.807, 2.05) is 42.3 Å². The number of nitrogens with one attached hydrogen (secondary N) is 1. The van der Waals surface area contributed by atoms with Crippen molar-refractivity contribution in [2.45, 2.75) is 63.6 Å². The summed E-state index contributed by atoms with van der Waals surface area (Å²) >= 11 is 0. The van der Waals surface area contributed by atoms with Crippen LogP contribution in [-0.2, 0) is 27.3 Å². The van der Waals surface area contributed by atoms with Crippen LogP contribution in [0.3, 0.4) is 0 Å². The smallest absolute Gasteiger partial charge is 0.278 e. The van der Waals surface area contributed by atoms with Crippen LogP contribution in [0.4, 0.5) is 22.9 Å². The molecule has 0 saturated carbocycles. The number of hydrogen-bond donors (Lipinski definition) is 2. The number of nitrogens with two attached hydrogens (primary N) is 1. The van der Waals surface area contributed by atoms with Gasteiger partial charge in [-0.1, -0.05) is 31.2 Å². The van der Waals surface area contributed by atoms with E-state index in [-0.39, 0.29) is 24.3 Å². The predicted molar refractivity (Wildman–Crippen MR) is 241 cm³/mol. The second kappa shape index (κ2) is 19.1. The fraction of sp³-hybridized carbons (Fsp3) is 0.413. The van der Waals surface area contributed by atoms with Gasteiger partial charge in [0.25, 0.3) is 5.91 Å². The molecule has 5 heterocycles. The second-order valence-electron chi connectivity index (χ2n) is 15.9. The third-order valence-corrected chi connectivity index (χ3v) is 12.5. The minimum absolute atomic E-state index is 0.234. The summed E-state index contributed by atoms with van der Waals surface area (Å²) in [4.78, 5) is 73.4. The van der Waals surface area contributed by atoms with Crippen LogP contribution in [0.5, 0.6) is 0 Å². The van der Waals surface area contributed by atoms with E-state index in [4.69, 9.17) is 9.98 Å². The molecule has 61 heavy (non-hydrogen) atoms. The van der Waals surface area contributed by atoms with Gasteiger partial charge in [-0.05, 0) is 94.0 Å². The maximum Gasteiger partial charge on any atom is 0.278 e. The lowest BCUT2D eigenvalue weighted by molar-refractivity contribution is -0.137.